The van der Waals surface area contributed by atoms with Gasteiger partial charge in [0.25, 0.3) is 0 Å². The van der Waals surface area contributed by atoms with Gasteiger partial charge in [0, 0.05) is 13.1 Å². The van der Waals surface area contributed by atoms with Gasteiger partial charge in [-0.2, -0.15) is 4.31 Å². The average molecular weight is 312 g/mol. The Morgan fingerprint density at radius 3 is 2.48 bits per heavy atom. The first-order chi connectivity index (χ1) is 9.89. The van der Waals surface area contributed by atoms with E-state index in [1.54, 1.807) is 18.2 Å². The van der Waals surface area contributed by atoms with Crippen LogP contribution in [0.4, 0.5) is 4.39 Å². The molecule has 2 unspecified atom stereocenters. The van der Waals surface area contributed by atoms with Gasteiger partial charge in [0.05, 0.1) is 4.90 Å². The van der Waals surface area contributed by atoms with E-state index in [2.05, 4.69) is 5.32 Å². The van der Waals surface area contributed by atoms with E-state index in [1.165, 1.54) is 12.1 Å². The Bertz CT molecular complexity index is 637. The maximum Gasteiger partial charge on any atom is 0.243 e. The molecule has 0 spiro atoms. The molecule has 2 aliphatic rings. The highest BCUT2D eigenvalue weighted by atomic mass is 32.2. The van der Waals surface area contributed by atoms with E-state index in [1.807, 2.05) is 0 Å². The Morgan fingerprint density at radius 1 is 1.19 bits per heavy atom. The molecule has 21 heavy (non-hydrogen) atoms. The molecule has 116 valence electrons. The molecule has 0 amide bonds. The predicted octanol–water partition coefficient (Wildman–Crippen LogP) is 1.67. The molecular weight excluding hydrogens is 291 g/mol. The van der Waals surface area contributed by atoms with Crippen molar-refractivity contribution in [3.8, 4) is 0 Å². The summed E-state index contributed by atoms with van der Waals surface area (Å²) in [4.78, 5) is 0.272. The second-order valence-electron chi connectivity index (χ2n) is 6.20. The lowest BCUT2D eigenvalue weighted by Crippen LogP contribution is -2.43. The topological polar surface area (TPSA) is 49.4 Å². The number of aryl methyl sites for hydroxylation is 2. The maximum atomic E-state index is 13.4. The van der Waals surface area contributed by atoms with Crippen LogP contribution >= 0.6 is 0 Å². The van der Waals surface area contributed by atoms with Gasteiger partial charge in [0.2, 0.25) is 10.0 Å². The standard InChI is InChI=1S/C15H21FN2O2S/c1-10-5-14(16)6-11(2)15(10)21(19,20)18-4-3-12-7-17-8-13(12)9-18/h5-6,12-13,17H,3-4,7-9H2,1-2H3. The van der Waals surface area contributed by atoms with E-state index in [0.717, 1.165) is 19.5 Å². The first-order valence-electron chi connectivity index (χ1n) is 7.37. The predicted molar refractivity (Wildman–Crippen MR) is 79.1 cm³/mol. The minimum absolute atomic E-state index is 0.272. The number of sulfonamides is 1. The van der Waals surface area contributed by atoms with E-state index >= 15 is 0 Å². The second-order valence-corrected chi connectivity index (χ2v) is 8.07. The molecule has 1 aromatic carbocycles. The molecule has 2 fully saturated rings. The fraction of sp³-hybridized carbons (Fsp3) is 0.600. The Hall–Kier alpha value is -0.980. The molecule has 3 rings (SSSR count). The Morgan fingerprint density at radius 2 is 1.81 bits per heavy atom. The smallest absolute Gasteiger partial charge is 0.243 e. The van der Waals surface area contributed by atoms with Gasteiger partial charge < -0.3 is 5.32 Å². The molecule has 2 atom stereocenters. The maximum absolute atomic E-state index is 13.4. The summed E-state index contributed by atoms with van der Waals surface area (Å²) in [7, 11) is -3.54. The van der Waals surface area contributed by atoms with Crippen molar-refractivity contribution in [2.75, 3.05) is 26.2 Å². The van der Waals surface area contributed by atoms with Gasteiger partial charge in [-0.15, -0.1) is 0 Å². The SMILES string of the molecule is Cc1cc(F)cc(C)c1S(=O)(=O)N1CCC2CNCC2C1. The first kappa shape index (κ1) is 14.9. The van der Waals surface area contributed by atoms with Gasteiger partial charge in [-0.3, -0.25) is 0 Å². The third kappa shape index (κ3) is 2.60. The van der Waals surface area contributed by atoms with Gasteiger partial charge in [-0.1, -0.05) is 0 Å². The van der Waals surface area contributed by atoms with E-state index in [0.29, 0.717) is 36.1 Å². The normalized spacial score (nSPS) is 26.8. The summed E-state index contributed by atoms with van der Waals surface area (Å²) in [6, 6.07) is 2.59. The number of hydrogen-bond donors (Lipinski definition) is 1. The molecule has 2 aliphatic heterocycles. The van der Waals surface area contributed by atoms with Crippen molar-refractivity contribution in [3.05, 3.63) is 29.1 Å². The zero-order valence-corrected chi connectivity index (χ0v) is 13.2. The van der Waals surface area contributed by atoms with E-state index in [9.17, 15) is 12.8 Å². The van der Waals surface area contributed by atoms with Crippen molar-refractivity contribution >= 4 is 10.0 Å². The van der Waals surface area contributed by atoms with Crippen LogP contribution in [0.25, 0.3) is 0 Å². The summed E-state index contributed by atoms with van der Waals surface area (Å²) in [6.45, 7) is 6.32. The van der Waals surface area contributed by atoms with E-state index < -0.39 is 10.0 Å². The van der Waals surface area contributed by atoms with Crippen molar-refractivity contribution < 1.29 is 12.8 Å². The highest BCUT2D eigenvalue weighted by Gasteiger charge is 2.38. The van der Waals surface area contributed by atoms with Gasteiger partial charge >= 0.3 is 0 Å². The molecular formula is C15H21FN2O2S. The molecule has 2 heterocycles. The van der Waals surface area contributed by atoms with E-state index in [4.69, 9.17) is 0 Å². The van der Waals surface area contributed by atoms with Gasteiger partial charge in [0.1, 0.15) is 5.82 Å². The van der Waals surface area contributed by atoms with Crippen LogP contribution < -0.4 is 5.32 Å². The number of nitrogens with one attached hydrogen (secondary N) is 1. The largest absolute Gasteiger partial charge is 0.316 e. The van der Waals surface area contributed by atoms with Gasteiger partial charge in [-0.05, 0) is 68.5 Å². The number of fused-ring (bicyclic) bond motifs is 1. The van der Waals surface area contributed by atoms with Crippen LogP contribution in [0.1, 0.15) is 17.5 Å². The Balaban J connectivity index is 1.94. The van der Waals surface area contributed by atoms with Crippen molar-refractivity contribution in [3.63, 3.8) is 0 Å². The van der Waals surface area contributed by atoms with Crippen LogP contribution in [0, 0.1) is 31.5 Å². The zero-order chi connectivity index (χ0) is 15.2. The number of nitrogens with zero attached hydrogens (tertiary/aromatic N) is 1. The average Bonchev–Trinajstić information content (AvgIpc) is 2.83. The minimum Gasteiger partial charge on any atom is -0.316 e. The van der Waals surface area contributed by atoms with Crippen LogP contribution in [0.2, 0.25) is 0 Å². The monoisotopic (exact) mass is 312 g/mol. The third-order valence-corrected chi connectivity index (χ3v) is 6.86. The lowest BCUT2D eigenvalue weighted by molar-refractivity contribution is 0.227. The molecule has 1 N–H and O–H groups in total. The molecule has 0 bridgehead atoms. The van der Waals surface area contributed by atoms with Crippen LogP contribution in [-0.4, -0.2) is 38.9 Å². The van der Waals surface area contributed by atoms with Crippen LogP contribution in [0.15, 0.2) is 17.0 Å². The summed E-state index contributed by atoms with van der Waals surface area (Å²) in [5.74, 6) is 0.601. The summed E-state index contributed by atoms with van der Waals surface area (Å²) < 4.78 is 40.8. The van der Waals surface area contributed by atoms with Gasteiger partial charge in [-0.25, -0.2) is 12.8 Å². The first-order valence-corrected chi connectivity index (χ1v) is 8.81. The molecule has 0 aromatic heterocycles. The lowest BCUT2D eigenvalue weighted by atomic mass is 9.90. The summed E-state index contributed by atoms with van der Waals surface area (Å²) in [6.07, 6.45) is 0.899. The lowest BCUT2D eigenvalue weighted by Gasteiger charge is -2.34. The van der Waals surface area contributed by atoms with Crippen LogP contribution in [0.5, 0.6) is 0 Å². The van der Waals surface area contributed by atoms with Gasteiger partial charge in [0.15, 0.2) is 0 Å². The van der Waals surface area contributed by atoms with E-state index in [-0.39, 0.29) is 10.7 Å². The molecule has 1 aromatic rings. The molecule has 0 radical (unpaired) electrons. The summed E-state index contributed by atoms with van der Waals surface area (Å²) >= 11 is 0. The quantitative estimate of drug-likeness (QED) is 0.904. The third-order valence-electron chi connectivity index (χ3n) is 4.69. The zero-order valence-electron chi connectivity index (χ0n) is 12.4. The van der Waals surface area contributed by atoms with Crippen molar-refractivity contribution in [1.82, 2.24) is 9.62 Å². The number of benzene rings is 1. The Kier molecular flexibility index (Phi) is 3.80. The second kappa shape index (κ2) is 5.34. The number of hydrogen-bond acceptors (Lipinski definition) is 3. The molecule has 0 aliphatic carbocycles. The fourth-order valence-corrected chi connectivity index (χ4v) is 5.58. The Labute approximate surface area is 125 Å². The molecule has 4 nitrogen and oxygen atoms in total. The highest BCUT2D eigenvalue weighted by molar-refractivity contribution is 7.89. The number of rotatable bonds is 2. The van der Waals surface area contributed by atoms with Crippen molar-refractivity contribution in [2.45, 2.75) is 25.2 Å². The highest BCUT2D eigenvalue weighted by Crippen LogP contribution is 2.32. The van der Waals surface area contributed by atoms with Crippen LogP contribution in [-0.2, 0) is 10.0 Å². The van der Waals surface area contributed by atoms with Crippen LogP contribution in [0.3, 0.4) is 0 Å². The van der Waals surface area contributed by atoms with Crippen molar-refractivity contribution in [1.29, 1.82) is 0 Å². The minimum atomic E-state index is -3.54. The summed E-state index contributed by atoms with van der Waals surface area (Å²) in [5.41, 5.74) is 0.971. The molecule has 0 saturated carbocycles. The molecule has 2 saturated heterocycles. The van der Waals surface area contributed by atoms with Crippen molar-refractivity contribution in [2.24, 2.45) is 11.8 Å². The number of piperidine rings is 1. The fourth-order valence-electron chi connectivity index (χ4n) is 3.65. The summed E-state index contributed by atoms with van der Waals surface area (Å²) in [5, 5.41) is 3.34. The molecule has 6 heteroatoms. The number of halogens is 1.